The smallest absolute Gasteiger partial charge is 0.242 e. The molecule has 28 heavy (non-hydrogen) atoms. The van der Waals surface area contributed by atoms with Gasteiger partial charge in [-0.25, -0.2) is 0 Å². The van der Waals surface area contributed by atoms with E-state index in [1.165, 1.54) is 4.90 Å². The Morgan fingerprint density at radius 2 is 1.64 bits per heavy atom. The molecule has 2 aromatic rings. The summed E-state index contributed by atoms with van der Waals surface area (Å²) in [4.78, 5) is 27.2. The first-order valence-electron chi connectivity index (χ1n) is 8.96. The highest BCUT2D eigenvalue weighted by Gasteiger charge is 2.27. The molecule has 150 valence electrons. The Hall–Kier alpha value is -1.75. The molecule has 2 rings (SSSR count). The van der Waals surface area contributed by atoms with Crippen LogP contribution in [-0.2, 0) is 22.6 Å². The minimum absolute atomic E-state index is 0.0328. The van der Waals surface area contributed by atoms with Crippen LogP contribution in [0.4, 0.5) is 0 Å². The van der Waals surface area contributed by atoms with Crippen molar-refractivity contribution in [2.75, 3.05) is 0 Å². The second kappa shape index (κ2) is 10.1. The lowest BCUT2D eigenvalue weighted by atomic mass is 10.1. The Kier molecular flexibility index (Phi) is 8.17. The van der Waals surface area contributed by atoms with Gasteiger partial charge >= 0.3 is 0 Å². The van der Waals surface area contributed by atoms with Crippen LogP contribution in [0.1, 0.15) is 31.9 Å². The Morgan fingerprint density at radius 1 is 0.964 bits per heavy atom. The molecule has 2 aromatic carbocycles. The quantitative estimate of drug-likeness (QED) is 0.647. The molecule has 0 fully saturated rings. The number of benzene rings is 2. The summed E-state index contributed by atoms with van der Waals surface area (Å²) < 4.78 is 0. The first-order chi connectivity index (χ1) is 13.2. The number of hydrogen-bond donors (Lipinski definition) is 1. The molecule has 0 aliphatic rings. The molecule has 4 nitrogen and oxygen atoms in total. The number of nitrogens with one attached hydrogen (secondary N) is 1. The predicted molar refractivity (Wildman–Crippen MR) is 115 cm³/mol. The summed E-state index contributed by atoms with van der Waals surface area (Å²) in [5, 5.41) is 4.31. The number of amides is 2. The van der Waals surface area contributed by atoms with Gasteiger partial charge in [0, 0.05) is 27.7 Å². The number of halogens is 3. The van der Waals surface area contributed by atoms with Gasteiger partial charge in [-0.1, -0.05) is 59.1 Å². The van der Waals surface area contributed by atoms with Crippen molar-refractivity contribution in [2.45, 2.75) is 45.8 Å². The second-order valence-corrected chi connectivity index (χ2v) is 8.12. The fourth-order valence-corrected chi connectivity index (χ4v) is 3.40. The van der Waals surface area contributed by atoms with Crippen molar-refractivity contribution in [1.82, 2.24) is 10.2 Å². The van der Waals surface area contributed by atoms with Crippen LogP contribution >= 0.6 is 34.8 Å². The average molecular weight is 442 g/mol. The number of carbonyl (C=O) groups is 2. The molecular formula is C21H23Cl3N2O2. The fraction of sp³-hybridized carbons (Fsp3) is 0.333. The summed E-state index contributed by atoms with van der Waals surface area (Å²) >= 11 is 18.5. The van der Waals surface area contributed by atoms with Crippen molar-refractivity contribution >= 4 is 46.6 Å². The number of nitrogens with zero attached hydrogens (tertiary/aromatic N) is 1. The molecule has 0 saturated carbocycles. The van der Waals surface area contributed by atoms with Gasteiger partial charge in [-0.15, -0.1) is 0 Å². The molecular weight excluding hydrogens is 419 g/mol. The first-order valence-corrected chi connectivity index (χ1v) is 10.1. The maximum Gasteiger partial charge on any atom is 0.242 e. The monoisotopic (exact) mass is 440 g/mol. The van der Waals surface area contributed by atoms with E-state index in [0.29, 0.717) is 26.2 Å². The molecule has 0 heterocycles. The molecule has 1 N–H and O–H groups in total. The molecule has 0 aliphatic heterocycles. The van der Waals surface area contributed by atoms with E-state index in [0.717, 1.165) is 0 Å². The number of carbonyl (C=O) groups excluding carboxylic acids is 2. The SMILES string of the molecule is CC(C)NC(=O)[C@@H](C)N(Cc1ccc(Cl)cc1Cl)C(=O)Cc1ccccc1Cl. The van der Waals surface area contributed by atoms with Crippen molar-refractivity contribution < 1.29 is 9.59 Å². The first kappa shape index (κ1) is 22.5. The van der Waals surface area contributed by atoms with E-state index in [1.807, 2.05) is 19.9 Å². The maximum absolute atomic E-state index is 13.1. The molecule has 2 amide bonds. The highest BCUT2D eigenvalue weighted by atomic mass is 35.5. The Labute approximate surface area is 180 Å². The number of hydrogen-bond acceptors (Lipinski definition) is 2. The van der Waals surface area contributed by atoms with Crippen LogP contribution in [0.25, 0.3) is 0 Å². The van der Waals surface area contributed by atoms with Crippen LogP contribution in [-0.4, -0.2) is 28.8 Å². The lowest BCUT2D eigenvalue weighted by Gasteiger charge is -2.30. The van der Waals surface area contributed by atoms with E-state index >= 15 is 0 Å². The maximum atomic E-state index is 13.1. The van der Waals surface area contributed by atoms with E-state index in [2.05, 4.69) is 5.32 Å². The van der Waals surface area contributed by atoms with Gasteiger partial charge in [0.25, 0.3) is 0 Å². The van der Waals surface area contributed by atoms with E-state index in [1.54, 1.807) is 43.3 Å². The van der Waals surface area contributed by atoms with Gasteiger partial charge in [0.2, 0.25) is 11.8 Å². The molecule has 0 aromatic heterocycles. The summed E-state index contributed by atoms with van der Waals surface area (Å²) in [7, 11) is 0. The van der Waals surface area contributed by atoms with E-state index < -0.39 is 6.04 Å². The highest BCUT2D eigenvalue weighted by molar-refractivity contribution is 6.35. The third-order valence-electron chi connectivity index (χ3n) is 4.25. The second-order valence-electron chi connectivity index (χ2n) is 6.86. The fourth-order valence-electron chi connectivity index (χ4n) is 2.73. The van der Waals surface area contributed by atoms with Crippen molar-refractivity contribution in [3.8, 4) is 0 Å². The van der Waals surface area contributed by atoms with Crippen LogP contribution in [0.5, 0.6) is 0 Å². The standard InChI is InChI=1S/C21H23Cl3N2O2/c1-13(2)25-21(28)14(3)26(12-16-8-9-17(22)11-19(16)24)20(27)10-15-6-4-5-7-18(15)23/h4-9,11,13-14H,10,12H2,1-3H3,(H,25,28)/t14-/m1/s1. The van der Waals surface area contributed by atoms with Gasteiger partial charge in [-0.2, -0.15) is 0 Å². The molecule has 0 saturated heterocycles. The molecule has 7 heteroatoms. The summed E-state index contributed by atoms with van der Waals surface area (Å²) in [5.74, 6) is -0.446. The minimum atomic E-state index is -0.677. The third-order valence-corrected chi connectivity index (χ3v) is 5.21. The molecule has 0 bridgehead atoms. The van der Waals surface area contributed by atoms with E-state index in [9.17, 15) is 9.59 Å². The third kappa shape index (κ3) is 6.13. The van der Waals surface area contributed by atoms with Gasteiger partial charge in [0.05, 0.1) is 6.42 Å². The highest BCUT2D eigenvalue weighted by Crippen LogP contribution is 2.24. The Balaban J connectivity index is 2.30. The Bertz CT molecular complexity index is 855. The molecule has 0 spiro atoms. The zero-order valence-corrected chi connectivity index (χ0v) is 18.3. The minimum Gasteiger partial charge on any atom is -0.352 e. The lowest BCUT2D eigenvalue weighted by molar-refractivity contribution is -0.140. The van der Waals surface area contributed by atoms with Gasteiger partial charge in [0.1, 0.15) is 6.04 Å². The topological polar surface area (TPSA) is 49.4 Å². The average Bonchev–Trinajstić information content (AvgIpc) is 2.61. The Morgan fingerprint density at radius 3 is 2.25 bits per heavy atom. The number of rotatable bonds is 7. The van der Waals surface area contributed by atoms with Crippen molar-refractivity contribution in [1.29, 1.82) is 0 Å². The molecule has 0 aliphatic carbocycles. The summed E-state index contributed by atoms with van der Waals surface area (Å²) in [6, 6.07) is 11.5. The van der Waals surface area contributed by atoms with Gasteiger partial charge in [-0.3, -0.25) is 9.59 Å². The van der Waals surface area contributed by atoms with Crippen LogP contribution in [0.3, 0.4) is 0 Å². The van der Waals surface area contributed by atoms with Crippen LogP contribution < -0.4 is 5.32 Å². The summed E-state index contributed by atoms with van der Waals surface area (Å²) in [6.07, 6.45) is 0.0875. The molecule has 0 unspecified atom stereocenters. The predicted octanol–water partition coefficient (Wildman–Crippen LogP) is 5.13. The summed E-state index contributed by atoms with van der Waals surface area (Å²) in [5.41, 5.74) is 1.42. The molecule has 0 radical (unpaired) electrons. The zero-order chi connectivity index (χ0) is 20.8. The van der Waals surface area contributed by atoms with Crippen LogP contribution in [0, 0.1) is 0 Å². The van der Waals surface area contributed by atoms with Crippen molar-refractivity contribution in [3.05, 3.63) is 68.7 Å². The van der Waals surface area contributed by atoms with E-state index in [-0.39, 0.29) is 30.8 Å². The van der Waals surface area contributed by atoms with Crippen LogP contribution in [0.2, 0.25) is 15.1 Å². The largest absolute Gasteiger partial charge is 0.352 e. The summed E-state index contributed by atoms with van der Waals surface area (Å²) in [6.45, 7) is 5.63. The normalized spacial score (nSPS) is 12.0. The van der Waals surface area contributed by atoms with Gasteiger partial charge in [0.15, 0.2) is 0 Å². The zero-order valence-electron chi connectivity index (χ0n) is 16.0. The van der Waals surface area contributed by atoms with Crippen molar-refractivity contribution in [2.24, 2.45) is 0 Å². The van der Waals surface area contributed by atoms with Crippen molar-refractivity contribution in [3.63, 3.8) is 0 Å². The molecule has 1 atom stereocenters. The lowest BCUT2D eigenvalue weighted by Crippen LogP contribution is -2.49. The van der Waals surface area contributed by atoms with Crippen LogP contribution in [0.15, 0.2) is 42.5 Å². The van der Waals surface area contributed by atoms with Gasteiger partial charge < -0.3 is 10.2 Å². The van der Waals surface area contributed by atoms with E-state index in [4.69, 9.17) is 34.8 Å². The van der Waals surface area contributed by atoms with Gasteiger partial charge in [-0.05, 0) is 50.1 Å².